The second-order valence-corrected chi connectivity index (χ2v) is 9.30. The first-order chi connectivity index (χ1) is 16.2. The van der Waals surface area contributed by atoms with E-state index in [1.165, 1.54) is 0 Å². The minimum Gasteiger partial charge on any atom is -0.508 e. The predicted octanol–water partition coefficient (Wildman–Crippen LogP) is 5.77. The molecule has 0 atom stereocenters. The zero-order chi connectivity index (χ0) is 24.8. The molecule has 0 saturated heterocycles. The fraction of sp³-hybridized carbons (Fsp3) is 0.379. The third kappa shape index (κ3) is 6.52. The van der Waals surface area contributed by atoms with Crippen LogP contribution in [-0.4, -0.2) is 38.2 Å². The van der Waals surface area contributed by atoms with Crippen LogP contribution in [0.5, 0.6) is 17.2 Å². The van der Waals surface area contributed by atoms with Crippen LogP contribution in [0.4, 0.5) is 0 Å². The number of phenols is 3. The van der Waals surface area contributed by atoms with E-state index in [1.807, 2.05) is 50.2 Å². The van der Waals surface area contributed by atoms with E-state index in [1.54, 1.807) is 12.1 Å². The van der Waals surface area contributed by atoms with Gasteiger partial charge >= 0.3 is 0 Å². The van der Waals surface area contributed by atoms with Gasteiger partial charge in [0.2, 0.25) is 0 Å². The van der Waals surface area contributed by atoms with E-state index in [0.717, 1.165) is 52.0 Å². The second kappa shape index (κ2) is 11.4. The maximum absolute atomic E-state index is 11.2. The Kier molecular flexibility index (Phi) is 8.59. The van der Waals surface area contributed by atoms with Gasteiger partial charge in [-0.1, -0.05) is 66.9 Å². The summed E-state index contributed by atoms with van der Waals surface area (Å²) in [5.41, 5.74) is 6.89. The Morgan fingerprint density at radius 2 is 0.882 bits per heavy atom. The molecule has 0 bridgehead atoms. The number of aryl methyl sites for hydroxylation is 3. The minimum atomic E-state index is 0.302. The largest absolute Gasteiger partial charge is 0.508 e. The molecule has 0 aliphatic heterocycles. The molecule has 0 heterocycles. The molecular weight excluding hydrogens is 424 g/mol. The van der Waals surface area contributed by atoms with Crippen LogP contribution in [0.1, 0.15) is 52.8 Å². The van der Waals surface area contributed by atoms with E-state index in [2.05, 4.69) is 30.6 Å². The predicted molar refractivity (Wildman–Crippen MR) is 138 cm³/mol. The molecule has 34 heavy (non-hydrogen) atoms. The van der Waals surface area contributed by atoms with E-state index < -0.39 is 0 Å². The zero-order valence-corrected chi connectivity index (χ0v) is 21.1. The molecule has 182 valence electrons. The van der Waals surface area contributed by atoms with Gasteiger partial charge in [0.15, 0.2) is 0 Å². The molecule has 0 fully saturated rings. The van der Waals surface area contributed by atoms with Crippen LogP contribution in [0.3, 0.4) is 0 Å². The summed E-state index contributed by atoms with van der Waals surface area (Å²) in [5.74, 6) is 0.928. The third-order valence-electron chi connectivity index (χ3n) is 6.35. The standard InChI is InChI=1S/C29H38N2O3/c1-6-30(16-23-12-20(3)8-10-27(23)32)18-25-14-22(5)15-26(29(25)34)19-31(7-2)17-24-13-21(4)9-11-28(24)33/h8-15,32-34H,6-7,16-19H2,1-5H3. The SMILES string of the molecule is CCN(Cc1cc(C)ccc1O)Cc1cc(C)cc(CN(CC)Cc2cc(C)ccc2O)c1O. The van der Waals surface area contributed by atoms with Crippen LogP contribution < -0.4 is 0 Å². The highest BCUT2D eigenvalue weighted by atomic mass is 16.3. The first-order valence-electron chi connectivity index (χ1n) is 12.0. The van der Waals surface area contributed by atoms with Crippen molar-refractivity contribution in [1.29, 1.82) is 0 Å². The summed E-state index contributed by atoms with van der Waals surface area (Å²) < 4.78 is 0. The van der Waals surface area contributed by atoms with Crippen molar-refractivity contribution in [1.82, 2.24) is 9.80 Å². The highest BCUT2D eigenvalue weighted by Gasteiger charge is 2.16. The number of hydrogen-bond acceptors (Lipinski definition) is 5. The van der Waals surface area contributed by atoms with Crippen molar-refractivity contribution in [2.24, 2.45) is 0 Å². The highest BCUT2D eigenvalue weighted by molar-refractivity contribution is 5.44. The second-order valence-electron chi connectivity index (χ2n) is 9.30. The van der Waals surface area contributed by atoms with E-state index >= 15 is 0 Å². The molecular formula is C29H38N2O3. The molecule has 3 aromatic carbocycles. The van der Waals surface area contributed by atoms with Crippen LogP contribution in [0.25, 0.3) is 0 Å². The van der Waals surface area contributed by atoms with Crippen LogP contribution in [-0.2, 0) is 26.2 Å². The molecule has 0 radical (unpaired) electrons. The summed E-state index contributed by atoms with van der Waals surface area (Å²) in [5, 5.41) is 31.7. The Bertz CT molecular complexity index is 1040. The van der Waals surface area contributed by atoms with Gasteiger partial charge in [-0.25, -0.2) is 0 Å². The van der Waals surface area contributed by atoms with Crippen LogP contribution >= 0.6 is 0 Å². The van der Waals surface area contributed by atoms with Gasteiger partial charge in [-0.15, -0.1) is 0 Å². The molecule has 0 aliphatic carbocycles. The number of hydrogen-bond donors (Lipinski definition) is 3. The molecule has 0 aliphatic rings. The molecule has 0 aromatic heterocycles. The molecule has 0 amide bonds. The summed E-state index contributed by atoms with van der Waals surface area (Å²) in [6.07, 6.45) is 0. The molecule has 3 N–H and O–H groups in total. The summed E-state index contributed by atoms with van der Waals surface area (Å²) in [6, 6.07) is 15.4. The van der Waals surface area contributed by atoms with Crippen LogP contribution in [0, 0.1) is 20.8 Å². The molecule has 0 spiro atoms. The fourth-order valence-corrected chi connectivity index (χ4v) is 4.38. The lowest BCUT2D eigenvalue weighted by Gasteiger charge is -2.25. The van der Waals surface area contributed by atoms with Crippen LogP contribution in [0.15, 0.2) is 48.5 Å². The summed E-state index contributed by atoms with van der Waals surface area (Å²) >= 11 is 0. The van der Waals surface area contributed by atoms with Gasteiger partial charge < -0.3 is 15.3 Å². The number of rotatable bonds is 10. The zero-order valence-electron chi connectivity index (χ0n) is 21.1. The van der Waals surface area contributed by atoms with Crippen LogP contribution in [0.2, 0.25) is 0 Å². The van der Waals surface area contributed by atoms with Crippen molar-refractivity contribution in [2.75, 3.05) is 13.1 Å². The van der Waals surface area contributed by atoms with E-state index in [-0.39, 0.29) is 0 Å². The number of nitrogens with zero attached hydrogens (tertiary/aromatic N) is 2. The molecule has 0 saturated carbocycles. The van der Waals surface area contributed by atoms with Crippen molar-refractivity contribution < 1.29 is 15.3 Å². The van der Waals surface area contributed by atoms with Gasteiger partial charge in [0.1, 0.15) is 17.2 Å². The molecule has 3 aromatic rings. The van der Waals surface area contributed by atoms with E-state index in [9.17, 15) is 15.3 Å². The quantitative estimate of drug-likeness (QED) is 0.357. The van der Waals surface area contributed by atoms with Gasteiger partial charge in [-0.05, 0) is 46.0 Å². The molecule has 5 heteroatoms. The lowest BCUT2D eigenvalue weighted by Crippen LogP contribution is -2.24. The van der Waals surface area contributed by atoms with Crippen molar-refractivity contribution in [3.05, 3.63) is 87.5 Å². The Balaban J connectivity index is 1.80. The van der Waals surface area contributed by atoms with Gasteiger partial charge in [0.05, 0.1) is 0 Å². The highest BCUT2D eigenvalue weighted by Crippen LogP contribution is 2.29. The minimum absolute atomic E-state index is 0.302. The first-order valence-corrected chi connectivity index (χ1v) is 12.0. The Labute approximate surface area is 203 Å². The monoisotopic (exact) mass is 462 g/mol. The van der Waals surface area contributed by atoms with E-state index in [0.29, 0.717) is 43.4 Å². The summed E-state index contributed by atoms with van der Waals surface area (Å²) in [6.45, 7) is 14.3. The Morgan fingerprint density at radius 3 is 1.26 bits per heavy atom. The maximum Gasteiger partial charge on any atom is 0.124 e. The Morgan fingerprint density at radius 1 is 0.529 bits per heavy atom. The Hall–Kier alpha value is -3.02. The number of benzene rings is 3. The van der Waals surface area contributed by atoms with Crippen molar-refractivity contribution >= 4 is 0 Å². The smallest absolute Gasteiger partial charge is 0.124 e. The van der Waals surface area contributed by atoms with Crippen molar-refractivity contribution in [2.45, 2.75) is 60.8 Å². The van der Waals surface area contributed by atoms with Gasteiger partial charge in [-0.3, -0.25) is 9.80 Å². The lowest BCUT2D eigenvalue weighted by molar-refractivity contribution is 0.255. The van der Waals surface area contributed by atoms with E-state index in [4.69, 9.17) is 0 Å². The first kappa shape index (κ1) is 25.6. The van der Waals surface area contributed by atoms with Gasteiger partial charge in [-0.2, -0.15) is 0 Å². The van der Waals surface area contributed by atoms with Gasteiger partial charge in [0.25, 0.3) is 0 Å². The average molecular weight is 463 g/mol. The average Bonchev–Trinajstić information content (AvgIpc) is 2.80. The lowest BCUT2D eigenvalue weighted by atomic mass is 10.0. The molecule has 0 unspecified atom stereocenters. The third-order valence-corrected chi connectivity index (χ3v) is 6.35. The van der Waals surface area contributed by atoms with Crippen molar-refractivity contribution in [3.63, 3.8) is 0 Å². The topological polar surface area (TPSA) is 67.2 Å². The number of phenolic OH excluding ortho intramolecular Hbond substituents is 3. The molecule has 3 rings (SSSR count). The van der Waals surface area contributed by atoms with Crippen molar-refractivity contribution in [3.8, 4) is 17.2 Å². The molecule has 5 nitrogen and oxygen atoms in total. The fourth-order valence-electron chi connectivity index (χ4n) is 4.38. The normalized spacial score (nSPS) is 11.5. The summed E-state index contributed by atoms with van der Waals surface area (Å²) in [7, 11) is 0. The van der Waals surface area contributed by atoms with Gasteiger partial charge in [0, 0.05) is 48.4 Å². The number of aromatic hydroxyl groups is 3. The maximum atomic E-state index is 11.2. The summed E-state index contributed by atoms with van der Waals surface area (Å²) in [4.78, 5) is 4.43.